The van der Waals surface area contributed by atoms with Gasteiger partial charge in [-0.3, -0.25) is 9.79 Å². The molecule has 0 saturated heterocycles. The highest BCUT2D eigenvalue weighted by atomic mass is 35.5. The second-order valence-corrected chi connectivity index (χ2v) is 7.07. The molecule has 3 N–H and O–H groups in total. The Labute approximate surface area is 157 Å². The third-order valence-electron chi connectivity index (χ3n) is 4.86. The van der Waals surface area contributed by atoms with Crippen LogP contribution >= 0.6 is 12.4 Å². The average molecular weight is 388 g/mol. The number of nitrogens with two attached hydrogens (primary N) is 1. The van der Waals surface area contributed by atoms with Crippen LogP contribution in [0.2, 0.25) is 0 Å². The number of rotatable bonds is 3. The molecule has 1 aliphatic carbocycles. The lowest BCUT2D eigenvalue weighted by Gasteiger charge is -2.30. The van der Waals surface area contributed by atoms with Gasteiger partial charge >= 0.3 is 0 Å². The van der Waals surface area contributed by atoms with Crippen molar-refractivity contribution in [1.29, 1.82) is 0 Å². The zero-order valence-corrected chi connectivity index (χ0v) is 15.5. The smallest absolute Gasteiger partial charge is 0.248 e. The molecule has 0 spiro atoms. The molecule has 2 aliphatic rings. The fourth-order valence-electron chi connectivity index (χ4n) is 3.36. The maximum Gasteiger partial charge on any atom is 0.248 e. The van der Waals surface area contributed by atoms with Crippen LogP contribution in [0, 0.1) is 5.92 Å². The summed E-state index contributed by atoms with van der Waals surface area (Å²) in [5.74, 6) is -2.78. The van der Waals surface area contributed by atoms with Gasteiger partial charge < -0.3 is 15.8 Å². The number of halogens is 3. The molecule has 0 aromatic heterocycles. The monoisotopic (exact) mass is 387 g/mol. The van der Waals surface area contributed by atoms with E-state index in [-0.39, 0.29) is 49.9 Å². The maximum absolute atomic E-state index is 13.2. The first kappa shape index (κ1) is 20.6. The van der Waals surface area contributed by atoms with Crippen LogP contribution in [-0.4, -0.2) is 30.9 Å². The molecule has 1 unspecified atom stereocenters. The molecule has 1 heterocycles. The van der Waals surface area contributed by atoms with Gasteiger partial charge in [0.1, 0.15) is 18.0 Å². The molecule has 5 nitrogen and oxygen atoms in total. The highest BCUT2D eigenvalue weighted by Crippen LogP contribution is 2.37. The molecule has 1 amide bonds. The van der Waals surface area contributed by atoms with E-state index in [1.165, 1.54) is 0 Å². The summed E-state index contributed by atoms with van der Waals surface area (Å²) in [4.78, 5) is 16.9. The lowest BCUT2D eigenvalue weighted by Crippen LogP contribution is -2.37. The summed E-state index contributed by atoms with van der Waals surface area (Å²) in [5, 5.41) is 2.84. The van der Waals surface area contributed by atoms with Crippen LogP contribution in [0.1, 0.15) is 38.2 Å². The third-order valence-corrected chi connectivity index (χ3v) is 4.86. The van der Waals surface area contributed by atoms with E-state index in [1.54, 1.807) is 6.07 Å². The quantitative estimate of drug-likeness (QED) is 0.833. The molecule has 3 rings (SSSR count). The van der Waals surface area contributed by atoms with Gasteiger partial charge in [-0.2, -0.15) is 0 Å². The van der Waals surface area contributed by atoms with Crippen LogP contribution in [0.4, 0.5) is 14.5 Å². The van der Waals surface area contributed by atoms with E-state index < -0.39 is 11.5 Å². The number of amidine groups is 1. The van der Waals surface area contributed by atoms with E-state index >= 15 is 0 Å². The first-order valence-corrected chi connectivity index (χ1v) is 8.49. The average Bonchev–Trinajstić information content (AvgIpc) is 2.55. The summed E-state index contributed by atoms with van der Waals surface area (Å²) >= 11 is 0. The summed E-state index contributed by atoms with van der Waals surface area (Å²) in [6.07, 6.45) is -0.0289. The second kappa shape index (κ2) is 7.88. The van der Waals surface area contributed by atoms with E-state index in [2.05, 4.69) is 10.3 Å². The molecule has 1 aromatic carbocycles. The summed E-state index contributed by atoms with van der Waals surface area (Å²) in [5.41, 5.74) is 6.68. The number of nitrogens with zero attached hydrogens (tertiary/aromatic N) is 1. The minimum Gasteiger partial charge on any atom is -0.386 e. The highest BCUT2D eigenvalue weighted by molar-refractivity contribution is 5.92. The third kappa shape index (κ3) is 4.71. The number of hydrogen-bond donors (Lipinski definition) is 2. The molecule has 1 atom stereocenters. The van der Waals surface area contributed by atoms with Gasteiger partial charge in [0.2, 0.25) is 11.8 Å². The molecule has 144 valence electrons. The van der Waals surface area contributed by atoms with Gasteiger partial charge in [0.25, 0.3) is 0 Å². The first-order chi connectivity index (χ1) is 11.8. The molecule has 1 aliphatic heterocycles. The van der Waals surface area contributed by atoms with Crippen LogP contribution in [0.25, 0.3) is 0 Å². The summed E-state index contributed by atoms with van der Waals surface area (Å²) < 4.78 is 31.9. The number of carbonyl (C=O) groups is 1. The minimum atomic E-state index is -2.63. The lowest BCUT2D eigenvalue weighted by atomic mass is 9.86. The molecule has 26 heavy (non-hydrogen) atoms. The van der Waals surface area contributed by atoms with Crippen molar-refractivity contribution in [2.45, 2.75) is 44.1 Å². The van der Waals surface area contributed by atoms with Gasteiger partial charge in [-0.1, -0.05) is 12.1 Å². The van der Waals surface area contributed by atoms with Crippen molar-refractivity contribution >= 4 is 29.8 Å². The largest absolute Gasteiger partial charge is 0.386 e. The Kier molecular flexibility index (Phi) is 6.24. The number of hydrogen-bond acceptors (Lipinski definition) is 4. The number of benzene rings is 1. The maximum atomic E-state index is 13.2. The van der Waals surface area contributed by atoms with Crippen molar-refractivity contribution in [2.75, 3.05) is 18.5 Å². The zero-order valence-electron chi connectivity index (χ0n) is 14.6. The van der Waals surface area contributed by atoms with Crippen molar-refractivity contribution in [3.63, 3.8) is 0 Å². The number of carbonyl (C=O) groups excluding carboxylic acids is 1. The topological polar surface area (TPSA) is 76.7 Å². The SMILES string of the molecule is CC1(c2cccc(NC(=O)C3CCC(F)(F)CC3)c2)COCC(N)=N1.Cl. The summed E-state index contributed by atoms with van der Waals surface area (Å²) in [6.45, 7) is 2.64. The van der Waals surface area contributed by atoms with Crippen LogP contribution in [0.15, 0.2) is 29.3 Å². The van der Waals surface area contributed by atoms with E-state index in [0.717, 1.165) is 5.56 Å². The number of anilines is 1. The van der Waals surface area contributed by atoms with Crippen LogP contribution in [0.3, 0.4) is 0 Å². The first-order valence-electron chi connectivity index (χ1n) is 8.49. The fraction of sp³-hybridized carbons (Fsp3) is 0.556. The lowest BCUT2D eigenvalue weighted by molar-refractivity contribution is -0.124. The normalized spacial score (nSPS) is 25.7. The van der Waals surface area contributed by atoms with Gasteiger partial charge in [0.05, 0.1) is 6.61 Å². The number of alkyl halides is 2. The van der Waals surface area contributed by atoms with Crippen molar-refractivity contribution in [1.82, 2.24) is 0 Å². The molecule has 1 saturated carbocycles. The molecule has 0 radical (unpaired) electrons. The predicted molar refractivity (Wildman–Crippen MR) is 99.0 cm³/mol. The molecular formula is C18H24ClF2N3O2. The molecule has 1 fully saturated rings. The van der Waals surface area contributed by atoms with E-state index in [4.69, 9.17) is 10.5 Å². The Hall–Kier alpha value is -1.73. The summed E-state index contributed by atoms with van der Waals surface area (Å²) in [6, 6.07) is 7.34. The van der Waals surface area contributed by atoms with Crippen molar-refractivity contribution in [3.8, 4) is 0 Å². The molecule has 1 aromatic rings. The van der Waals surface area contributed by atoms with E-state index in [9.17, 15) is 13.6 Å². The number of amides is 1. The fourth-order valence-corrected chi connectivity index (χ4v) is 3.36. The Balaban J connectivity index is 0.00000243. The van der Waals surface area contributed by atoms with Gasteiger partial charge in [-0.25, -0.2) is 8.78 Å². The second-order valence-electron chi connectivity index (χ2n) is 7.07. The molecule has 8 heteroatoms. The molecular weight excluding hydrogens is 364 g/mol. The Morgan fingerprint density at radius 2 is 2.04 bits per heavy atom. The predicted octanol–water partition coefficient (Wildman–Crippen LogP) is 3.48. The van der Waals surface area contributed by atoms with Crippen molar-refractivity contribution in [3.05, 3.63) is 29.8 Å². The van der Waals surface area contributed by atoms with Gasteiger partial charge in [0.15, 0.2) is 0 Å². The molecule has 0 bridgehead atoms. The number of nitrogens with one attached hydrogen (secondary N) is 1. The van der Waals surface area contributed by atoms with Crippen molar-refractivity contribution in [2.24, 2.45) is 16.6 Å². The highest BCUT2D eigenvalue weighted by Gasteiger charge is 2.37. The standard InChI is InChI=1S/C18H23F2N3O2.ClH/c1-17(11-25-10-15(21)23-17)13-3-2-4-14(9-13)22-16(24)12-5-7-18(19,20)8-6-12;/h2-4,9,12H,5-8,10-11H2,1H3,(H2,21,23)(H,22,24);1H. The Bertz CT molecular complexity index is 689. The Morgan fingerprint density at radius 1 is 1.35 bits per heavy atom. The zero-order chi connectivity index (χ0) is 18.1. The van der Waals surface area contributed by atoms with Gasteiger partial charge in [0, 0.05) is 24.4 Å². The van der Waals surface area contributed by atoms with Crippen molar-refractivity contribution < 1.29 is 18.3 Å². The minimum absolute atomic E-state index is 0. The van der Waals surface area contributed by atoms with Gasteiger partial charge in [-0.15, -0.1) is 12.4 Å². The van der Waals surface area contributed by atoms with Crippen LogP contribution < -0.4 is 11.1 Å². The van der Waals surface area contributed by atoms with Crippen LogP contribution in [0.5, 0.6) is 0 Å². The van der Waals surface area contributed by atoms with E-state index in [1.807, 2.05) is 25.1 Å². The Morgan fingerprint density at radius 3 is 2.69 bits per heavy atom. The van der Waals surface area contributed by atoms with E-state index in [0.29, 0.717) is 24.7 Å². The van der Waals surface area contributed by atoms with Crippen LogP contribution in [-0.2, 0) is 15.1 Å². The number of aliphatic imine (C=N–C) groups is 1. The summed E-state index contributed by atoms with van der Waals surface area (Å²) in [7, 11) is 0. The number of ether oxygens (including phenoxy) is 1. The van der Waals surface area contributed by atoms with Gasteiger partial charge in [-0.05, 0) is 37.5 Å².